The van der Waals surface area contributed by atoms with Gasteiger partial charge in [-0.3, -0.25) is 0 Å². The molecule has 0 atom stereocenters. The molecule has 1 rings (SSSR count). The van der Waals surface area contributed by atoms with Crippen molar-refractivity contribution in [2.24, 2.45) is 0 Å². The van der Waals surface area contributed by atoms with E-state index in [4.69, 9.17) is 6.42 Å². The molecule has 1 heterocycles. The predicted molar refractivity (Wildman–Crippen MR) is 36.2 cm³/mol. The summed E-state index contributed by atoms with van der Waals surface area (Å²) < 4.78 is 36.3. The Morgan fingerprint density at radius 1 is 1.58 bits per heavy atom. The molecule has 0 spiro atoms. The van der Waals surface area contributed by atoms with Crippen LogP contribution in [0, 0.1) is 12.3 Å². The number of halogens is 3. The molecule has 0 fully saturated rings. The molecule has 12 heavy (non-hydrogen) atoms. The second-order valence-electron chi connectivity index (χ2n) is 2.17. The van der Waals surface area contributed by atoms with Crippen LogP contribution in [0.3, 0.4) is 0 Å². The lowest BCUT2D eigenvalue weighted by atomic mass is 10.4. The van der Waals surface area contributed by atoms with Gasteiger partial charge in [0, 0.05) is 0 Å². The minimum Gasteiger partial charge on any atom is -0.315 e. The van der Waals surface area contributed by atoms with Gasteiger partial charge in [-0.2, -0.15) is 13.2 Å². The molecule has 0 saturated heterocycles. The minimum absolute atomic E-state index is 0.132. The van der Waals surface area contributed by atoms with Crippen LogP contribution in [-0.2, 0) is 6.54 Å². The van der Waals surface area contributed by atoms with Crippen LogP contribution in [0.5, 0.6) is 0 Å². The first kappa shape index (κ1) is 8.65. The van der Waals surface area contributed by atoms with Gasteiger partial charge < -0.3 is 4.57 Å². The summed E-state index contributed by atoms with van der Waals surface area (Å²) in [6, 6.07) is 0. The van der Waals surface area contributed by atoms with Crippen molar-refractivity contribution in [3.63, 3.8) is 0 Å². The van der Waals surface area contributed by atoms with Crippen molar-refractivity contribution in [1.82, 2.24) is 9.55 Å². The number of imidazole rings is 1. The van der Waals surface area contributed by atoms with Gasteiger partial charge in [0.25, 0.3) is 0 Å². The zero-order valence-corrected chi connectivity index (χ0v) is 5.97. The summed E-state index contributed by atoms with van der Waals surface area (Å²) in [6.45, 7) is -1.09. The van der Waals surface area contributed by atoms with E-state index in [-0.39, 0.29) is 5.69 Å². The van der Waals surface area contributed by atoms with E-state index < -0.39 is 12.7 Å². The minimum atomic E-state index is -4.26. The lowest BCUT2D eigenvalue weighted by Gasteiger charge is -2.07. The monoisotopic (exact) mass is 174 g/mol. The molecule has 0 aliphatic heterocycles. The van der Waals surface area contributed by atoms with E-state index in [1.165, 1.54) is 6.20 Å². The van der Waals surface area contributed by atoms with Crippen LogP contribution in [-0.4, -0.2) is 15.7 Å². The van der Waals surface area contributed by atoms with Crippen LogP contribution in [0.15, 0.2) is 12.5 Å². The highest BCUT2D eigenvalue weighted by Gasteiger charge is 2.28. The van der Waals surface area contributed by atoms with Crippen molar-refractivity contribution >= 4 is 0 Å². The molecule has 0 aromatic carbocycles. The zero-order chi connectivity index (χ0) is 9.19. The van der Waals surface area contributed by atoms with Crippen molar-refractivity contribution in [1.29, 1.82) is 0 Å². The highest BCUT2D eigenvalue weighted by atomic mass is 19.4. The normalized spacial score (nSPS) is 11.2. The molecule has 0 saturated carbocycles. The van der Waals surface area contributed by atoms with Crippen LogP contribution in [0.25, 0.3) is 0 Å². The second-order valence-corrected chi connectivity index (χ2v) is 2.17. The van der Waals surface area contributed by atoms with Crippen molar-refractivity contribution in [3.05, 3.63) is 18.2 Å². The lowest BCUT2D eigenvalue weighted by molar-refractivity contribution is -0.140. The average molecular weight is 174 g/mol. The number of hydrogen-bond acceptors (Lipinski definition) is 1. The number of aromatic nitrogens is 2. The van der Waals surface area contributed by atoms with Gasteiger partial charge in [0.1, 0.15) is 12.2 Å². The van der Waals surface area contributed by atoms with E-state index in [0.29, 0.717) is 0 Å². The van der Waals surface area contributed by atoms with Gasteiger partial charge in [0.2, 0.25) is 0 Å². The van der Waals surface area contributed by atoms with Crippen molar-refractivity contribution in [2.75, 3.05) is 0 Å². The van der Waals surface area contributed by atoms with Crippen LogP contribution >= 0.6 is 0 Å². The van der Waals surface area contributed by atoms with Gasteiger partial charge in [-0.05, 0) is 0 Å². The third kappa shape index (κ3) is 2.02. The number of rotatable bonds is 1. The summed E-state index contributed by atoms with van der Waals surface area (Å²) in [5.41, 5.74) is 0.132. The maximum Gasteiger partial charge on any atom is 0.406 e. The fourth-order valence-electron chi connectivity index (χ4n) is 0.760. The first-order chi connectivity index (χ1) is 5.53. The fraction of sp³-hybridized carbons (Fsp3) is 0.286. The van der Waals surface area contributed by atoms with Gasteiger partial charge >= 0.3 is 6.18 Å². The number of terminal acetylenes is 1. The van der Waals surface area contributed by atoms with Crippen LogP contribution in [0.4, 0.5) is 13.2 Å². The predicted octanol–water partition coefficient (Wildman–Crippen LogP) is 1.43. The average Bonchev–Trinajstić information content (AvgIpc) is 2.31. The molecular weight excluding hydrogens is 169 g/mol. The number of hydrogen-bond donors (Lipinski definition) is 0. The van der Waals surface area contributed by atoms with Gasteiger partial charge in [-0.25, -0.2) is 4.98 Å². The first-order valence-corrected chi connectivity index (χ1v) is 3.06. The maximum absolute atomic E-state index is 11.8. The summed E-state index contributed by atoms with van der Waals surface area (Å²) in [5.74, 6) is 2.10. The highest BCUT2D eigenvalue weighted by molar-refractivity contribution is 5.22. The fourth-order valence-corrected chi connectivity index (χ4v) is 0.760. The molecular formula is C7H5F3N2. The SMILES string of the molecule is C#Cc1cncn1CC(F)(F)F. The van der Waals surface area contributed by atoms with Crippen LogP contribution in [0.2, 0.25) is 0 Å². The van der Waals surface area contributed by atoms with Crippen molar-refractivity contribution in [3.8, 4) is 12.3 Å². The quantitative estimate of drug-likeness (QED) is 0.589. The van der Waals surface area contributed by atoms with Gasteiger partial charge in [0.05, 0.1) is 12.5 Å². The molecule has 64 valence electrons. The Labute approximate surface area is 67.0 Å². The topological polar surface area (TPSA) is 17.8 Å². The third-order valence-electron chi connectivity index (χ3n) is 1.21. The molecule has 5 heteroatoms. The first-order valence-electron chi connectivity index (χ1n) is 3.06. The number of nitrogens with zero attached hydrogens (tertiary/aromatic N) is 2. The lowest BCUT2D eigenvalue weighted by Crippen LogP contribution is -2.17. The van der Waals surface area contributed by atoms with Gasteiger partial charge in [-0.15, -0.1) is 6.42 Å². The van der Waals surface area contributed by atoms with E-state index in [2.05, 4.69) is 10.9 Å². The van der Waals surface area contributed by atoms with E-state index in [1.54, 1.807) is 0 Å². The zero-order valence-electron chi connectivity index (χ0n) is 5.97. The Balaban J connectivity index is 2.84. The molecule has 2 nitrogen and oxygen atoms in total. The van der Waals surface area contributed by atoms with Crippen LogP contribution in [0.1, 0.15) is 5.69 Å². The summed E-state index contributed by atoms with van der Waals surface area (Å²) in [6.07, 6.45) is 2.95. The summed E-state index contributed by atoms with van der Waals surface area (Å²) in [7, 11) is 0. The molecule has 0 aliphatic carbocycles. The van der Waals surface area contributed by atoms with Crippen LogP contribution < -0.4 is 0 Å². The van der Waals surface area contributed by atoms with Crippen molar-refractivity contribution < 1.29 is 13.2 Å². The molecule has 0 aliphatic rings. The molecule has 1 aromatic heterocycles. The Kier molecular flexibility index (Phi) is 2.09. The van der Waals surface area contributed by atoms with Gasteiger partial charge in [0.15, 0.2) is 0 Å². The Morgan fingerprint density at radius 2 is 2.25 bits per heavy atom. The highest BCUT2D eigenvalue weighted by Crippen LogP contribution is 2.17. The van der Waals surface area contributed by atoms with E-state index in [9.17, 15) is 13.2 Å². The largest absolute Gasteiger partial charge is 0.406 e. The molecule has 0 N–H and O–H groups in total. The standard InChI is InChI=1S/C7H5F3N2/c1-2-6-3-11-5-12(6)4-7(8,9)10/h1,3,5H,4H2. The van der Waals surface area contributed by atoms with Crippen molar-refractivity contribution in [2.45, 2.75) is 12.7 Å². The summed E-state index contributed by atoms with van der Waals surface area (Å²) in [4.78, 5) is 3.50. The summed E-state index contributed by atoms with van der Waals surface area (Å²) >= 11 is 0. The van der Waals surface area contributed by atoms with Gasteiger partial charge in [-0.1, -0.05) is 5.92 Å². The van der Waals surface area contributed by atoms with E-state index in [1.807, 2.05) is 0 Å². The summed E-state index contributed by atoms with van der Waals surface area (Å²) in [5, 5.41) is 0. The Hall–Kier alpha value is -1.44. The third-order valence-corrected chi connectivity index (χ3v) is 1.21. The molecule has 0 amide bonds. The molecule has 1 aromatic rings. The molecule has 0 radical (unpaired) electrons. The van der Waals surface area contributed by atoms with E-state index in [0.717, 1.165) is 10.9 Å². The molecule has 0 bridgehead atoms. The smallest absolute Gasteiger partial charge is 0.315 e. The number of alkyl halides is 3. The maximum atomic E-state index is 11.8. The van der Waals surface area contributed by atoms with E-state index >= 15 is 0 Å². The Bertz CT molecular complexity index is 305. The Morgan fingerprint density at radius 3 is 2.75 bits per heavy atom. The molecule has 0 unspecified atom stereocenters. The second kappa shape index (κ2) is 2.89.